The van der Waals surface area contributed by atoms with E-state index in [1.54, 1.807) is 12.5 Å². The molecule has 0 saturated carbocycles. The Morgan fingerprint density at radius 3 is 2.64 bits per heavy atom. The van der Waals surface area contributed by atoms with E-state index in [-0.39, 0.29) is 12.3 Å². The first-order chi connectivity index (χ1) is 12.1. The maximum atomic E-state index is 12.3. The van der Waals surface area contributed by atoms with Crippen molar-refractivity contribution < 1.29 is 9.59 Å². The van der Waals surface area contributed by atoms with Gasteiger partial charge in [-0.25, -0.2) is 9.78 Å². The lowest BCUT2D eigenvalue weighted by molar-refractivity contribution is -0.116. The molecule has 1 aromatic carbocycles. The van der Waals surface area contributed by atoms with Crippen LogP contribution in [0.1, 0.15) is 17.3 Å². The number of benzene rings is 1. The maximum absolute atomic E-state index is 12.3. The standard InChI is InChI=1S/C17H17N5O2S/c18-17(24)21-14(15-2-1-9-25-15)10-16(23)20-12-3-5-13(6-4-12)22-8-7-19-11-22/h1-9,11,14H,10H2,(H,20,23)(H3,18,21,24). The first kappa shape index (κ1) is 16.7. The number of carbonyl (C=O) groups is 2. The van der Waals surface area contributed by atoms with Crippen LogP contribution in [0.2, 0.25) is 0 Å². The molecule has 1 atom stereocenters. The van der Waals surface area contributed by atoms with E-state index in [2.05, 4.69) is 15.6 Å². The van der Waals surface area contributed by atoms with Gasteiger partial charge in [-0.3, -0.25) is 4.79 Å². The van der Waals surface area contributed by atoms with E-state index in [1.165, 1.54) is 11.3 Å². The average molecular weight is 355 g/mol. The molecule has 0 fully saturated rings. The van der Waals surface area contributed by atoms with Gasteiger partial charge in [-0.15, -0.1) is 11.3 Å². The van der Waals surface area contributed by atoms with Crippen molar-refractivity contribution in [3.8, 4) is 5.69 Å². The number of primary amides is 1. The van der Waals surface area contributed by atoms with Crippen LogP contribution in [-0.2, 0) is 4.79 Å². The molecule has 0 spiro atoms. The minimum absolute atomic E-state index is 0.104. The van der Waals surface area contributed by atoms with Crippen LogP contribution < -0.4 is 16.4 Å². The first-order valence-electron chi connectivity index (χ1n) is 7.59. The van der Waals surface area contributed by atoms with E-state index in [4.69, 9.17) is 5.73 Å². The predicted octanol–water partition coefficient (Wildman–Crippen LogP) is 2.67. The van der Waals surface area contributed by atoms with Crippen molar-refractivity contribution in [2.24, 2.45) is 5.73 Å². The summed E-state index contributed by atoms with van der Waals surface area (Å²) in [6.45, 7) is 0. The van der Waals surface area contributed by atoms with Crippen LogP contribution in [0.25, 0.3) is 5.69 Å². The summed E-state index contributed by atoms with van der Waals surface area (Å²) < 4.78 is 1.87. The number of imidazole rings is 1. The van der Waals surface area contributed by atoms with E-state index in [0.29, 0.717) is 5.69 Å². The summed E-state index contributed by atoms with van der Waals surface area (Å²) in [5, 5.41) is 7.32. The summed E-state index contributed by atoms with van der Waals surface area (Å²) in [6.07, 6.45) is 5.35. The summed E-state index contributed by atoms with van der Waals surface area (Å²) >= 11 is 1.46. The molecule has 3 amide bonds. The summed E-state index contributed by atoms with van der Waals surface area (Å²) in [5.41, 5.74) is 6.83. The number of thiophene rings is 1. The zero-order valence-corrected chi connectivity index (χ0v) is 14.1. The quantitative estimate of drug-likeness (QED) is 0.633. The summed E-state index contributed by atoms with van der Waals surface area (Å²) in [6, 6.07) is 10.0. The molecule has 3 rings (SSSR count). The molecule has 2 aromatic heterocycles. The molecule has 8 heteroatoms. The highest BCUT2D eigenvalue weighted by atomic mass is 32.1. The van der Waals surface area contributed by atoms with Gasteiger partial charge in [0.1, 0.15) is 0 Å². The van der Waals surface area contributed by atoms with Crippen molar-refractivity contribution in [3.05, 3.63) is 65.4 Å². The second-order valence-electron chi connectivity index (χ2n) is 5.35. The molecule has 25 heavy (non-hydrogen) atoms. The molecule has 0 aliphatic heterocycles. The fourth-order valence-corrected chi connectivity index (χ4v) is 3.19. The van der Waals surface area contributed by atoms with Crippen molar-refractivity contribution in [1.29, 1.82) is 0 Å². The van der Waals surface area contributed by atoms with Gasteiger partial charge in [-0.05, 0) is 35.7 Å². The predicted molar refractivity (Wildman–Crippen MR) is 96.6 cm³/mol. The minimum atomic E-state index is -0.657. The Bertz CT molecular complexity index is 829. The number of carbonyl (C=O) groups excluding carboxylic acids is 2. The molecule has 0 saturated heterocycles. The van der Waals surface area contributed by atoms with Crippen LogP contribution >= 0.6 is 11.3 Å². The summed E-state index contributed by atoms with van der Waals surface area (Å²) in [7, 11) is 0. The van der Waals surface area contributed by atoms with E-state index in [1.807, 2.05) is 52.5 Å². The lowest BCUT2D eigenvalue weighted by Crippen LogP contribution is -2.34. The number of rotatable bonds is 6. The Kier molecular flexibility index (Phi) is 5.10. The zero-order chi connectivity index (χ0) is 17.6. The van der Waals surface area contributed by atoms with Crippen molar-refractivity contribution in [1.82, 2.24) is 14.9 Å². The molecular weight excluding hydrogens is 338 g/mol. The molecule has 1 unspecified atom stereocenters. The van der Waals surface area contributed by atoms with Gasteiger partial charge in [0.15, 0.2) is 0 Å². The maximum Gasteiger partial charge on any atom is 0.312 e. The van der Waals surface area contributed by atoms with E-state index < -0.39 is 12.1 Å². The van der Waals surface area contributed by atoms with Gasteiger partial charge in [0.2, 0.25) is 5.91 Å². The highest BCUT2D eigenvalue weighted by Crippen LogP contribution is 2.23. The fraction of sp³-hybridized carbons (Fsp3) is 0.118. The first-order valence-corrected chi connectivity index (χ1v) is 8.47. The van der Waals surface area contributed by atoms with Crippen LogP contribution in [0.5, 0.6) is 0 Å². The zero-order valence-electron chi connectivity index (χ0n) is 13.3. The van der Waals surface area contributed by atoms with Gasteiger partial charge in [0.05, 0.1) is 18.8 Å². The lowest BCUT2D eigenvalue weighted by Gasteiger charge is -2.16. The van der Waals surface area contributed by atoms with Crippen LogP contribution in [-0.4, -0.2) is 21.5 Å². The number of hydrogen-bond acceptors (Lipinski definition) is 4. The lowest BCUT2D eigenvalue weighted by atomic mass is 10.1. The molecule has 7 nitrogen and oxygen atoms in total. The summed E-state index contributed by atoms with van der Waals surface area (Å²) in [5.74, 6) is -0.206. The second-order valence-corrected chi connectivity index (χ2v) is 6.32. The van der Waals surface area contributed by atoms with E-state index >= 15 is 0 Å². The number of anilines is 1. The third-order valence-corrected chi connectivity index (χ3v) is 4.53. The van der Waals surface area contributed by atoms with Crippen molar-refractivity contribution >= 4 is 29.0 Å². The number of urea groups is 1. The van der Waals surface area contributed by atoms with Crippen LogP contribution in [0.4, 0.5) is 10.5 Å². The molecule has 4 N–H and O–H groups in total. The van der Waals surface area contributed by atoms with Crippen molar-refractivity contribution in [2.45, 2.75) is 12.5 Å². The highest BCUT2D eigenvalue weighted by Gasteiger charge is 2.18. The number of nitrogens with two attached hydrogens (primary N) is 1. The molecular formula is C17H17N5O2S. The van der Waals surface area contributed by atoms with Gasteiger partial charge in [0, 0.05) is 28.6 Å². The molecule has 2 heterocycles. The number of amides is 3. The number of hydrogen-bond donors (Lipinski definition) is 3. The highest BCUT2D eigenvalue weighted by molar-refractivity contribution is 7.10. The van der Waals surface area contributed by atoms with Crippen molar-refractivity contribution in [2.75, 3.05) is 5.32 Å². The van der Waals surface area contributed by atoms with Gasteiger partial charge in [-0.1, -0.05) is 6.07 Å². The summed E-state index contributed by atoms with van der Waals surface area (Å²) in [4.78, 5) is 28.3. The van der Waals surface area contributed by atoms with Crippen LogP contribution in [0, 0.1) is 0 Å². The Morgan fingerprint density at radius 2 is 2.04 bits per heavy atom. The van der Waals surface area contributed by atoms with E-state index in [0.717, 1.165) is 10.6 Å². The Hall–Kier alpha value is -3.13. The Morgan fingerprint density at radius 1 is 1.24 bits per heavy atom. The topological polar surface area (TPSA) is 102 Å². The monoisotopic (exact) mass is 355 g/mol. The third-order valence-electron chi connectivity index (χ3n) is 3.55. The molecule has 3 aromatic rings. The molecule has 0 bridgehead atoms. The molecule has 0 radical (unpaired) electrons. The Balaban J connectivity index is 1.63. The molecule has 0 aliphatic carbocycles. The average Bonchev–Trinajstić information content (AvgIpc) is 3.28. The second kappa shape index (κ2) is 7.63. The van der Waals surface area contributed by atoms with Crippen LogP contribution in [0.3, 0.4) is 0 Å². The minimum Gasteiger partial charge on any atom is -0.352 e. The van der Waals surface area contributed by atoms with E-state index in [9.17, 15) is 9.59 Å². The smallest absolute Gasteiger partial charge is 0.312 e. The third kappa shape index (κ3) is 4.45. The fourth-order valence-electron chi connectivity index (χ4n) is 2.41. The van der Waals surface area contributed by atoms with Gasteiger partial charge < -0.3 is 20.9 Å². The molecule has 0 aliphatic rings. The number of nitrogens with one attached hydrogen (secondary N) is 2. The number of aromatic nitrogens is 2. The van der Waals surface area contributed by atoms with Gasteiger partial charge in [-0.2, -0.15) is 0 Å². The normalized spacial score (nSPS) is 11.7. The Labute approximate surface area is 148 Å². The van der Waals surface area contributed by atoms with Crippen molar-refractivity contribution in [3.63, 3.8) is 0 Å². The SMILES string of the molecule is NC(=O)NC(CC(=O)Nc1ccc(-n2ccnc2)cc1)c1cccs1. The van der Waals surface area contributed by atoms with Crippen LogP contribution in [0.15, 0.2) is 60.5 Å². The van der Waals surface area contributed by atoms with Gasteiger partial charge in [0.25, 0.3) is 0 Å². The molecule has 128 valence electrons. The largest absolute Gasteiger partial charge is 0.352 e. The van der Waals surface area contributed by atoms with Gasteiger partial charge >= 0.3 is 6.03 Å². The number of nitrogens with zero attached hydrogens (tertiary/aromatic N) is 2.